The van der Waals surface area contributed by atoms with E-state index in [0.717, 1.165) is 31.4 Å². The van der Waals surface area contributed by atoms with Crippen LogP contribution < -0.4 is 9.47 Å². The van der Waals surface area contributed by atoms with Crippen LogP contribution in [0.2, 0.25) is 0 Å². The Morgan fingerprint density at radius 2 is 1.17 bits per heavy atom. The molecule has 0 aliphatic heterocycles. The van der Waals surface area contributed by atoms with E-state index in [4.69, 9.17) is 18.9 Å². The third-order valence-corrected chi connectivity index (χ3v) is 3.83. The minimum atomic E-state index is -0.381. The Labute approximate surface area is 173 Å². The molecule has 0 saturated carbocycles. The summed E-state index contributed by atoms with van der Waals surface area (Å²) in [5.74, 6) is 0.760. The summed E-state index contributed by atoms with van der Waals surface area (Å²) in [7, 11) is 0. The van der Waals surface area contributed by atoms with E-state index in [1.54, 1.807) is 13.8 Å². The van der Waals surface area contributed by atoms with Crippen LogP contribution in [-0.2, 0) is 19.1 Å². The minimum absolute atomic E-state index is 0.300. The summed E-state index contributed by atoms with van der Waals surface area (Å²) in [4.78, 5) is 22.5. The molecular formula is C23H32O6. The van der Waals surface area contributed by atoms with Crippen LogP contribution in [0, 0.1) is 0 Å². The lowest BCUT2D eigenvalue weighted by molar-refractivity contribution is -0.140. The van der Waals surface area contributed by atoms with Crippen LogP contribution >= 0.6 is 0 Å². The molecule has 0 unspecified atom stereocenters. The van der Waals surface area contributed by atoms with Crippen LogP contribution in [0.5, 0.6) is 11.5 Å². The van der Waals surface area contributed by atoms with Crippen molar-refractivity contribution in [1.29, 1.82) is 0 Å². The van der Waals surface area contributed by atoms with Gasteiger partial charge in [0.1, 0.15) is 11.5 Å². The zero-order valence-corrected chi connectivity index (χ0v) is 17.5. The Kier molecular flexibility index (Phi) is 11.9. The average molecular weight is 405 g/mol. The third kappa shape index (κ3) is 11.6. The summed E-state index contributed by atoms with van der Waals surface area (Å²) in [5.41, 5.74) is 0.817. The Morgan fingerprint density at radius 3 is 1.69 bits per heavy atom. The van der Waals surface area contributed by atoms with E-state index < -0.39 is 0 Å². The molecular weight excluding hydrogens is 372 g/mol. The smallest absolute Gasteiger partial charge is 0.333 e. The van der Waals surface area contributed by atoms with Crippen molar-refractivity contribution in [3.63, 3.8) is 0 Å². The summed E-state index contributed by atoms with van der Waals surface area (Å²) in [6, 6.07) is 7.47. The van der Waals surface area contributed by atoms with E-state index >= 15 is 0 Å². The van der Waals surface area contributed by atoms with E-state index in [9.17, 15) is 9.59 Å². The second kappa shape index (κ2) is 14.3. The molecule has 0 saturated heterocycles. The fourth-order valence-corrected chi connectivity index (χ4v) is 2.23. The van der Waals surface area contributed by atoms with Crippen LogP contribution in [-0.4, -0.2) is 38.4 Å². The molecule has 6 nitrogen and oxygen atoms in total. The maximum absolute atomic E-state index is 11.3. The molecule has 6 heteroatoms. The predicted molar refractivity (Wildman–Crippen MR) is 112 cm³/mol. The van der Waals surface area contributed by atoms with Gasteiger partial charge in [-0.25, -0.2) is 9.59 Å². The topological polar surface area (TPSA) is 71.1 Å². The molecule has 0 aromatic heterocycles. The molecule has 0 aliphatic carbocycles. The lowest BCUT2D eigenvalue weighted by atomic mass is 10.2. The summed E-state index contributed by atoms with van der Waals surface area (Å²) >= 11 is 0. The first kappa shape index (κ1) is 24.3. The summed E-state index contributed by atoms with van der Waals surface area (Å²) < 4.78 is 21.5. The fourth-order valence-electron chi connectivity index (χ4n) is 2.23. The molecule has 1 rings (SSSR count). The lowest BCUT2D eigenvalue weighted by Gasteiger charge is -2.10. The molecule has 0 amide bonds. The summed E-state index contributed by atoms with van der Waals surface area (Å²) in [6.07, 6.45) is 4.35. The highest BCUT2D eigenvalue weighted by Gasteiger charge is 2.04. The summed E-state index contributed by atoms with van der Waals surface area (Å²) in [5, 5.41) is 0. The van der Waals surface area contributed by atoms with Crippen LogP contribution in [0.15, 0.2) is 48.6 Å². The van der Waals surface area contributed by atoms with Crippen molar-refractivity contribution >= 4 is 11.9 Å². The van der Waals surface area contributed by atoms with Crippen molar-refractivity contribution in [2.24, 2.45) is 0 Å². The highest BCUT2D eigenvalue weighted by Crippen LogP contribution is 2.20. The Bertz CT molecular complexity index is 680. The molecule has 0 heterocycles. The van der Waals surface area contributed by atoms with Crippen molar-refractivity contribution in [2.45, 2.75) is 46.0 Å². The number of ether oxygens (including phenoxy) is 4. The maximum atomic E-state index is 11.3. The molecule has 0 bridgehead atoms. The number of carbonyl (C=O) groups is 2. The number of hydrogen-bond acceptors (Lipinski definition) is 6. The van der Waals surface area contributed by atoms with Gasteiger partial charge >= 0.3 is 11.9 Å². The first-order chi connectivity index (χ1) is 13.9. The van der Waals surface area contributed by atoms with Gasteiger partial charge in [0, 0.05) is 23.6 Å². The van der Waals surface area contributed by atoms with Crippen LogP contribution in [0.3, 0.4) is 0 Å². The van der Waals surface area contributed by atoms with Crippen LogP contribution in [0.25, 0.3) is 0 Å². The molecule has 0 atom stereocenters. The van der Waals surface area contributed by atoms with Crippen molar-refractivity contribution in [3.8, 4) is 11.5 Å². The predicted octanol–water partition coefficient (Wildman–Crippen LogP) is 4.63. The quantitative estimate of drug-likeness (QED) is 0.241. The Morgan fingerprint density at radius 1 is 0.724 bits per heavy atom. The molecule has 1 aromatic rings. The summed E-state index contributed by atoms with van der Waals surface area (Å²) in [6.45, 7) is 12.1. The van der Waals surface area contributed by atoms with E-state index in [1.165, 1.54) is 0 Å². The van der Waals surface area contributed by atoms with Crippen molar-refractivity contribution in [1.82, 2.24) is 0 Å². The second-order valence-corrected chi connectivity index (χ2v) is 6.77. The second-order valence-electron chi connectivity index (χ2n) is 6.77. The molecule has 160 valence electrons. The van der Waals surface area contributed by atoms with Gasteiger partial charge in [0.05, 0.1) is 26.4 Å². The third-order valence-electron chi connectivity index (χ3n) is 3.83. The van der Waals surface area contributed by atoms with Gasteiger partial charge in [0.2, 0.25) is 0 Å². The molecule has 0 radical (unpaired) electrons. The molecule has 0 spiro atoms. The molecule has 0 N–H and O–H groups in total. The molecule has 0 aliphatic rings. The van der Waals surface area contributed by atoms with E-state index in [0.29, 0.717) is 49.7 Å². The van der Waals surface area contributed by atoms with E-state index in [-0.39, 0.29) is 11.9 Å². The van der Waals surface area contributed by atoms with Gasteiger partial charge in [-0.1, -0.05) is 19.2 Å². The fraction of sp³-hybridized carbons (Fsp3) is 0.478. The monoisotopic (exact) mass is 404 g/mol. The first-order valence-corrected chi connectivity index (χ1v) is 9.91. The lowest BCUT2D eigenvalue weighted by Crippen LogP contribution is -2.09. The largest absolute Gasteiger partial charge is 0.493 e. The van der Waals surface area contributed by atoms with E-state index in [2.05, 4.69) is 13.2 Å². The van der Waals surface area contributed by atoms with Crippen LogP contribution in [0.1, 0.15) is 46.0 Å². The highest BCUT2D eigenvalue weighted by molar-refractivity contribution is 5.87. The number of esters is 2. The Hall–Kier alpha value is -2.76. The standard InChI is InChI=1S/C23H32O6/c1-18(2)22(24)28-14-8-6-5-7-13-26-20-11-9-12-21(17-20)27-15-10-16-29-23(25)19(3)4/h9,11-12,17H,1,3,5-8,10,13-16H2,2,4H3. The van der Waals surface area contributed by atoms with Crippen molar-refractivity contribution < 1.29 is 28.5 Å². The highest BCUT2D eigenvalue weighted by atomic mass is 16.5. The number of rotatable bonds is 15. The molecule has 29 heavy (non-hydrogen) atoms. The normalized spacial score (nSPS) is 10.1. The number of unbranched alkanes of at least 4 members (excludes halogenated alkanes) is 3. The van der Waals surface area contributed by atoms with Gasteiger partial charge in [0.15, 0.2) is 0 Å². The van der Waals surface area contributed by atoms with Crippen molar-refractivity contribution in [3.05, 3.63) is 48.6 Å². The zero-order valence-electron chi connectivity index (χ0n) is 17.5. The first-order valence-electron chi connectivity index (χ1n) is 9.91. The van der Waals surface area contributed by atoms with E-state index in [1.807, 2.05) is 24.3 Å². The van der Waals surface area contributed by atoms with Gasteiger partial charge in [-0.05, 0) is 51.7 Å². The van der Waals surface area contributed by atoms with Gasteiger partial charge in [0.25, 0.3) is 0 Å². The van der Waals surface area contributed by atoms with Crippen molar-refractivity contribution in [2.75, 3.05) is 26.4 Å². The molecule has 1 aromatic carbocycles. The zero-order chi connectivity index (χ0) is 21.5. The SMILES string of the molecule is C=C(C)C(=O)OCCCCCCOc1cccc(OCCCOC(=O)C(=C)C)c1. The molecule has 0 fully saturated rings. The van der Waals surface area contributed by atoms with Crippen LogP contribution in [0.4, 0.5) is 0 Å². The minimum Gasteiger partial charge on any atom is -0.493 e. The van der Waals surface area contributed by atoms with Gasteiger partial charge < -0.3 is 18.9 Å². The Balaban J connectivity index is 2.11. The maximum Gasteiger partial charge on any atom is 0.333 e. The number of hydrogen-bond donors (Lipinski definition) is 0. The average Bonchev–Trinajstić information content (AvgIpc) is 2.69. The van der Waals surface area contributed by atoms with Gasteiger partial charge in [-0.3, -0.25) is 0 Å². The van der Waals surface area contributed by atoms with Gasteiger partial charge in [-0.2, -0.15) is 0 Å². The number of carbonyl (C=O) groups excluding carboxylic acids is 2. The number of benzene rings is 1. The van der Waals surface area contributed by atoms with Gasteiger partial charge in [-0.15, -0.1) is 0 Å².